The van der Waals surface area contributed by atoms with Gasteiger partial charge in [0.05, 0.1) is 31.5 Å². The molecule has 54 heavy (non-hydrogen) atoms. The quantitative estimate of drug-likeness (QED) is 0.0184. The summed E-state index contributed by atoms with van der Waals surface area (Å²) in [5, 5.41) is 31.3. The molecule has 1 saturated carbocycles. The molecule has 0 aromatic heterocycles. The van der Waals surface area contributed by atoms with E-state index in [1.54, 1.807) is 6.08 Å². The van der Waals surface area contributed by atoms with E-state index in [2.05, 4.69) is 26.0 Å². The topological polar surface area (TPSA) is 195 Å². The standard InChI is InChI=1S/C41H74NO11P/c1-3-5-7-8-9-10-11-12-13-14-15-16-21-25-40(46)50-32-35(33-52-54(48,49)51-30-29-42)53-41(47)26-22-18-17-20-24-36-37(39(45)31-38(36)44)28-27-34(43)23-19-6-4-2/h10-11,17,20,27-28,34-39,43-45H,3-9,12-16,18-19,21-26,29-33,42H2,1-2H3,(H,48,49)/b11-10-,20-17+,28-27+/t34-,35+,36+,37+,38-,39+/m0/s1. The highest BCUT2D eigenvalue weighted by Gasteiger charge is 2.39. The van der Waals surface area contributed by atoms with Crippen molar-refractivity contribution in [2.24, 2.45) is 17.6 Å². The molecule has 1 aliphatic rings. The largest absolute Gasteiger partial charge is 0.472 e. The number of hydrogen-bond donors (Lipinski definition) is 5. The predicted octanol–water partition coefficient (Wildman–Crippen LogP) is 7.76. The summed E-state index contributed by atoms with van der Waals surface area (Å²) in [4.78, 5) is 35.0. The average Bonchev–Trinajstić information content (AvgIpc) is 3.41. The van der Waals surface area contributed by atoms with Crippen molar-refractivity contribution in [2.75, 3.05) is 26.4 Å². The number of ether oxygens (including phenoxy) is 2. The molecule has 1 unspecified atom stereocenters. The van der Waals surface area contributed by atoms with Gasteiger partial charge in [0, 0.05) is 31.7 Å². The lowest BCUT2D eigenvalue weighted by Gasteiger charge is -2.20. The Morgan fingerprint density at radius 3 is 2.09 bits per heavy atom. The summed E-state index contributed by atoms with van der Waals surface area (Å²) in [7, 11) is -4.44. The Morgan fingerprint density at radius 2 is 1.39 bits per heavy atom. The van der Waals surface area contributed by atoms with Crippen molar-refractivity contribution in [3.63, 3.8) is 0 Å². The summed E-state index contributed by atoms with van der Waals surface area (Å²) in [5.74, 6) is -1.45. The zero-order valence-corrected chi connectivity index (χ0v) is 34.2. The molecule has 0 aromatic rings. The highest BCUT2D eigenvalue weighted by Crippen LogP contribution is 2.43. The van der Waals surface area contributed by atoms with Crippen LogP contribution in [-0.4, -0.2) is 82.9 Å². The summed E-state index contributed by atoms with van der Waals surface area (Å²) in [5.41, 5.74) is 5.33. The lowest BCUT2D eigenvalue weighted by Crippen LogP contribution is -2.29. The first-order valence-electron chi connectivity index (χ1n) is 20.7. The normalized spacial score (nSPS) is 21.2. The van der Waals surface area contributed by atoms with Gasteiger partial charge in [0.15, 0.2) is 6.10 Å². The number of hydrogen-bond acceptors (Lipinski definition) is 11. The van der Waals surface area contributed by atoms with Crippen LogP contribution < -0.4 is 5.73 Å². The minimum atomic E-state index is -4.44. The molecule has 0 heterocycles. The molecule has 12 nitrogen and oxygen atoms in total. The Labute approximate surface area is 325 Å². The molecule has 314 valence electrons. The molecule has 1 rings (SSSR count). The Bertz CT molecular complexity index is 1100. The second-order valence-corrected chi connectivity index (χ2v) is 15.9. The summed E-state index contributed by atoms with van der Waals surface area (Å²) >= 11 is 0. The van der Waals surface area contributed by atoms with Crippen LogP contribution in [0.5, 0.6) is 0 Å². The van der Waals surface area contributed by atoms with Gasteiger partial charge in [-0.2, -0.15) is 0 Å². The Kier molecular flexibility index (Phi) is 29.9. The molecule has 6 N–H and O–H groups in total. The number of aliphatic hydroxyl groups is 3. The van der Waals surface area contributed by atoms with Gasteiger partial charge in [-0.25, -0.2) is 4.57 Å². The van der Waals surface area contributed by atoms with Gasteiger partial charge in [0.25, 0.3) is 0 Å². The molecule has 0 aliphatic heterocycles. The van der Waals surface area contributed by atoms with Crippen molar-refractivity contribution >= 4 is 19.8 Å². The number of aliphatic hydroxyl groups excluding tert-OH is 3. The van der Waals surface area contributed by atoms with E-state index in [-0.39, 0.29) is 50.9 Å². The lowest BCUT2D eigenvalue weighted by molar-refractivity contribution is -0.161. The molecule has 13 heteroatoms. The molecule has 1 fully saturated rings. The fourth-order valence-electron chi connectivity index (χ4n) is 6.39. The maximum Gasteiger partial charge on any atom is 0.472 e. The number of rotatable bonds is 34. The van der Waals surface area contributed by atoms with E-state index in [4.69, 9.17) is 24.3 Å². The number of phosphoric acid groups is 1. The molecule has 0 radical (unpaired) electrons. The maximum atomic E-state index is 12.7. The summed E-state index contributed by atoms with van der Waals surface area (Å²) < 4.78 is 32.7. The molecule has 0 spiro atoms. The molecular formula is C41H74NO11P. The van der Waals surface area contributed by atoms with Crippen LogP contribution in [0, 0.1) is 11.8 Å². The number of esters is 2. The van der Waals surface area contributed by atoms with Crippen LogP contribution in [-0.2, 0) is 32.7 Å². The number of nitrogens with two attached hydrogens (primary N) is 1. The third-order valence-corrected chi connectivity index (χ3v) is 10.6. The SMILES string of the molecule is CCCCCC/C=C\CCCCCCCC(=O)OC[C@H](COP(=O)(O)OCCN)OC(=O)CCC/C=C/C[C@@H]1[C@@H](/C=C/[C@@H](O)CCCCC)[C@H](O)C[C@@H]1O. The van der Waals surface area contributed by atoms with E-state index < -0.39 is 50.8 Å². The van der Waals surface area contributed by atoms with E-state index in [0.717, 1.165) is 57.8 Å². The van der Waals surface area contributed by atoms with Crippen LogP contribution in [0.2, 0.25) is 0 Å². The van der Waals surface area contributed by atoms with Crippen LogP contribution in [0.15, 0.2) is 36.5 Å². The van der Waals surface area contributed by atoms with Crippen LogP contribution in [0.25, 0.3) is 0 Å². The van der Waals surface area contributed by atoms with Gasteiger partial charge < -0.3 is 35.4 Å². The van der Waals surface area contributed by atoms with Gasteiger partial charge in [0.1, 0.15) is 6.61 Å². The fourth-order valence-corrected chi connectivity index (χ4v) is 7.15. The van der Waals surface area contributed by atoms with Crippen molar-refractivity contribution in [3.8, 4) is 0 Å². The zero-order valence-electron chi connectivity index (χ0n) is 33.3. The highest BCUT2D eigenvalue weighted by atomic mass is 31.2. The van der Waals surface area contributed by atoms with Crippen LogP contribution in [0.4, 0.5) is 0 Å². The summed E-state index contributed by atoms with van der Waals surface area (Å²) in [6, 6.07) is 0. The van der Waals surface area contributed by atoms with Gasteiger partial charge in [-0.1, -0.05) is 108 Å². The van der Waals surface area contributed by atoms with Crippen molar-refractivity contribution in [3.05, 3.63) is 36.5 Å². The van der Waals surface area contributed by atoms with Crippen molar-refractivity contribution in [1.29, 1.82) is 0 Å². The number of allylic oxidation sites excluding steroid dienone is 4. The minimum absolute atomic E-state index is 0.0127. The molecule has 1 aliphatic carbocycles. The van der Waals surface area contributed by atoms with Crippen molar-refractivity contribution in [1.82, 2.24) is 0 Å². The van der Waals surface area contributed by atoms with Gasteiger partial charge in [-0.3, -0.25) is 18.6 Å². The lowest BCUT2D eigenvalue weighted by atomic mass is 9.89. The number of carbonyl (C=O) groups excluding carboxylic acids is 2. The van der Waals surface area contributed by atoms with E-state index in [0.29, 0.717) is 32.1 Å². The third kappa shape index (κ3) is 26.1. The molecule has 7 atom stereocenters. The summed E-state index contributed by atoms with van der Waals surface area (Å²) in [6.07, 6.45) is 27.0. The number of phosphoric ester groups is 1. The zero-order chi connectivity index (χ0) is 39.9. The third-order valence-electron chi connectivity index (χ3n) is 9.57. The van der Waals surface area contributed by atoms with Gasteiger partial charge in [-0.05, 0) is 63.7 Å². The van der Waals surface area contributed by atoms with E-state index in [1.165, 1.54) is 25.7 Å². The summed E-state index contributed by atoms with van der Waals surface area (Å²) in [6.45, 7) is 3.31. The Morgan fingerprint density at radius 1 is 0.778 bits per heavy atom. The van der Waals surface area contributed by atoms with Crippen LogP contribution >= 0.6 is 7.82 Å². The first-order chi connectivity index (χ1) is 26.0. The van der Waals surface area contributed by atoms with E-state index in [1.807, 2.05) is 18.2 Å². The van der Waals surface area contributed by atoms with Gasteiger partial charge in [-0.15, -0.1) is 0 Å². The maximum absolute atomic E-state index is 12.7. The molecule has 0 bridgehead atoms. The molecule has 0 aromatic carbocycles. The first-order valence-corrected chi connectivity index (χ1v) is 22.2. The second-order valence-electron chi connectivity index (χ2n) is 14.5. The second kappa shape index (κ2) is 32.2. The highest BCUT2D eigenvalue weighted by molar-refractivity contribution is 7.47. The monoisotopic (exact) mass is 787 g/mol. The Hall–Kier alpha value is -1.89. The van der Waals surface area contributed by atoms with Crippen molar-refractivity contribution in [2.45, 2.75) is 173 Å². The average molecular weight is 788 g/mol. The van der Waals surface area contributed by atoms with Gasteiger partial charge >= 0.3 is 19.8 Å². The molecular weight excluding hydrogens is 713 g/mol. The van der Waals surface area contributed by atoms with Crippen LogP contribution in [0.3, 0.4) is 0 Å². The van der Waals surface area contributed by atoms with E-state index >= 15 is 0 Å². The number of carbonyl (C=O) groups is 2. The molecule has 0 amide bonds. The van der Waals surface area contributed by atoms with Crippen molar-refractivity contribution < 1.29 is 52.9 Å². The first kappa shape index (κ1) is 50.1. The smallest absolute Gasteiger partial charge is 0.462 e. The fraction of sp³-hybridized carbons (Fsp3) is 0.805. The minimum Gasteiger partial charge on any atom is -0.462 e. The Balaban J connectivity index is 2.46. The number of unbranched alkanes of at least 4 members (excludes halogenated alkanes) is 12. The predicted molar refractivity (Wildman–Crippen MR) is 212 cm³/mol. The van der Waals surface area contributed by atoms with Crippen LogP contribution in [0.1, 0.15) is 149 Å². The molecule has 0 saturated heterocycles. The van der Waals surface area contributed by atoms with Gasteiger partial charge in [0.2, 0.25) is 0 Å². The van der Waals surface area contributed by atoms with E-state index in [9.17, 15) is 34.4 Å².